The average molecular weight is 574 g/mol. The van der Waals surface area contributed by atoms with Gasteiger partial charge in [0.1, 0.15) is 18.1 Å². The van der Waals surface area contributed by atoms with E-state index in [9.17, 15) is 9.18 Å². The maximum Gasteiger partial charge on any atom is 0.242 e. The summed E-state index contributed by atoms with van der Waals surface area (Å²) in [6.45, 7) is 9.94. The number of halogens is 1. The van der Waals surface area contributed by atoms with Gasteiger partial charge in [0.25, 0.3) is 0 Å². The molecule has 2 saturated heterocycles. The lowest BCUT2D eigenvalue weighted by Crippen LogP contribution is -2.62. The highest BCUT2D eigenvalue weighted by Gasteiger charge is 2.37. The lowest BCUT2D eigenvalue weighted by Gasteiger charge is -2.44. The number of hydrogen-bond donors (Lipinski definition) is 1. The minimum atomic E-state index is -0.271. The van der Waals surface area contributed by atoms with E-state index in [0.717, 1.165) is 56.1 Å². The van der Waals surface area contributed by atoms with Gasteiger partial charge >= 0.3 is 0 Å². The number of morpholine rings is 1. The summed E-state index contributed by atoms with van der Waals surface area (Å²) in [5.74, 6) is 0.232. The Kier molecular flexibility index (Phi) is 8.81. The number of piperazine rings is 1. The number of anilines is 1. The third-order valence-corrected chi connectivity index (χ3v) is 8.63. The van der Waals surface area contributed by atoms with Crippen LogP contribution in [0.2, 0.25) is 0 Å². The highest BCUT2D eigenvalue weighted by Crippen LogP contribution is 2.39. The molecule has 9 heteroatoms. The van der Waals surface area contributed by atoms with Gasteiger partial charge in [-0.1, -0.05) is 42.5 Å². The molecule has 0 bridgehead atoms. The number of nitrogens with zero attached hydrogens (tertiary/aromatic N) is 4. The van der Waals surface area contributed by atoms with E-state index >= 15 is 0 Å². The van der Waals surface area contributed by atoms with Crippen molar-refractivity contribution in [3.63, 3.8) is 0 Å². The van der Waals surface area contributed by atoms with Crippen LogP contribution in [0.3, 0.4) is 0 Å². The number of aromatic nitrogens is 1. The highest BCUT2D eigenvalue weighted by molar-refractivity contribution is 5.97. The van der Waals surface area contributed by atoms with Gasteiger partial charge in [0.15, 0.2) is 0 Å². The molecule has 1 N–H and O–H groups in total. The Balaban J connectivity index is 1.29. The number of ether oxygens (including phenoxy) is 2. The number of nitrogens with one attached hydrogen (secondary N) is 1. The maximum absolute atomic E-state index is 14.4. The van der Waals surface area contributed by atoms with Crippen LogP contribution < -0.4 is 15.0 Å². The number of hydrogen-bond acceptors (Lipinski definition) is 7. The Labute approximate surface area is 247 Å². The minimum Gasteiger partial charge on any atom is -0.474 e. The van der Waals surface area contributed by atoms with E-state index in [1.807, 2.05) is 41.3 Å². The number of carbonyl (C=O) groups is 1. The third-order valence-electron chi connectivity index (χ3n) is 8.63. The number of carbonyl (C=O) groups excluding carboxylic acids is 1. The van der Waals surface area contributed by atoms with Crippen LogP contribution in [0.25, 0.3) is 0 Å². The average Bonchev–Trinajstić information content (AvgIpc) is 3.00. The number of fused-ring (bicyclic) bond motifs is 1. The van der Waals surface area contributed by atoms with Gasteiger partial charge in [-0.3, -0.25) is 19.5 Å². The highest BCUT2D eigenvalue weighted by atomic mass is 19.1. The van der Waals surface area contributed by atoms with E-state index in [-0.39, 0.29) is 23.8 Å². The quantitative estimate of drug-likeness (QED) is 0.463. The van der Waals surface area contributed by atoms with Crippen LogP contribution in [0.4, 0.5) is 10.1 Å². The summed E-state index contributed by atoms with van der Waals surface area (Å²) >= 11 is 0. The predicted octanol–water partition coefficient (Wildman–Crippen LogP) is 3.66. The summed E-state index contributed by atoms with van der Waals surface area (Å²) < 4.78 is 25.3. The van der Waals surface area contributed by atoms with Gasteiger partial charge in [0, 0.05) is 50.5 Å². The summed E-state index contributed by atoms with van der Waals surface area (Å²) in [7, 11) is 0. The Morgan fingerprint density at radius 2 is 1.86 bits per heavy atom. The molecule has 0 spiro atoms. The molecule has 3 aliphatic heterocycles. The standard InChI is InChI=1S/C33H40FN5O3/c1-23-18-38(29(17-35-23)19-37-12-13-41-21-24(37)2)20-32(40)39-30-15-26(14-25-8-10-28(34)11-9-25)16-36-33(30)42-22-31(39)27-6-4-3-5-7-27/h3-11,15-16,23-24,29,31,35H,12-14,17-22H2,1-2H3/t23-,24?,29-,31?/m1/s1. The monoisotopic (exact) mass is 573 g/mol. The van der Waals surface area contributed by atoms with Crippen molar-refractivity contribution >= 4 is 11.6 Å². The van der Waals surface area contributed by atoms with Crippen LogP contribution in [-0.2, 0) is 16.0 Å². The molecular weight excluding hydrogens is 533 g/mol. The van der Waals surface area contributed by atoms with E-state index in [2.05, 4.69) is 33.9 Å². The van der Waals surface area contributed by atoms with Crippen LogP contribution in [0.5, 0.6) is 5.88 Å². The van der Waals surface area contributed by atoms with E-state index in [0.29, 0.717) is 43.2 Å². The van der Waals surface area contributed by atoms with Crippen LogP contribution in [-0.4, -0.2) is 91.4 Å². The molecule has 2 aromatic carbocycles. The van der Waals surface area contributed by atoms with Gasteiger partial charge in [-0.2, -0.15) is 0 Å². The van der Waals surface area contributed by atoms with Gasteiger partial charge in [0.2, 0.25) is 11.8 Å². The van der Waals surface area contributed by atoms with Crippen molar-refractivity contribution in [2.75, 3.05) is 57.4 Å². The molecule has 4 atom stereocenters. The van der Waals surface area contributed by atoms with Crippen LogP contribution in [0, 0.1) is 5.82 Å². The van der Waals surface area contributed by atoms with E-state index in [1.165, 1.54) is 12.1 Å². The molecule has 1 aromatic heterocycles. The van der Waals surface area contributed by atoms with Crippen LogP contribution in [0.1, 0.15) is 36.6 Å². The molecule has 222 valence electrons. The number of pyridine rings is 1. The molecule has 3 aromatic rings. The second-order valence-corrected chi connectivity index (χ2v) is 11.8. The Morgan fingerprint density at radius 3 is 2.64 bits per heavy atom. The first-order valence-corrected chi connectivity index (χ1v) is 15.0. The van der Waals surface area contributed by atoms with Gasteiger partial charge in [-0.05, 0) is 55.2 Å². The summed E-state index contributed by atoms with van der Waals surface area (Å²) in [5.41, 5.74) is 3.61. The maximum atomic E-state index is 14.4. The molecule has 8 nitrogen and oxygen atoms in total. The van der Waals surface area contributed by atoms with E-state index in [1.54, 1.807) is 18.3 Å². The summed E-state index contributed by atoms with van der Waals surface area (Å²) in [6, 6.07) is 19.2. The van der Waals surface area contributed by atoms with Gasteiger partial charge in [0.05, 0.1) is 25.8 Å². The molecule has 0 radical (unpaired) electrons. The fourth-order valence-corrected chi connectivity index (χ4v) is 6.29. The SMILES string of the molecule is CC1COCCN1C[C@H]1CN[C@H](C)CN1CC(=O)N1c2cc(Cc3ccc(F)cc3)cnc2OCC1c1ccccc1. The molecule has 1 amide bonds. The zero-order valence-electron chi connectivity index (χ0n) is 24.4. The molecular formula is C33H40FN5O3. The summed E-state index contributed by atoms with van der Waals surface area (Å²) in [4.78, 5) is 25.8. The van der Waals surface area contributed by atoms with Crippen molar-refractivity contribution in [3.8, 4) is 5.88 Å². The molecule has 0 aliphatic carbocycles. The lowest BCUT2D eigenvalue weighted by atomic mass is 10.0. The van der Waals surface area contributed by atoms with Crippen molar-refractivity contribution in [2.24, 2.45) is 0 Å². The second-order valence-electron chi connectivity index (χ2n) is 11.8. The largest absolute Gasteiger partial charge is 0.474 e. The second kappa shape index (κ2) is 12.9. The van der Waals surface area contributed by atoms with Crippen LogP contribution in [0.15, 0.2) is 66.9 Å². The third kappa shape index (κ3) is 6.49. The van der Waals surface area contributed by atoms with Crippen LogP contribution >= 0.6 is 0 Å². The van der Waals surface area contributed by atoms with Crippen molar-refractivity contribution in [2.45, 2.75) is 44.4 Å². The Morgan fingerprint density at radius 1 is 1.05 bits per heavy atom. The fraction of sp³-hybridized carbons (Fsp3) is 0.455. The van der Waals surface area contributed by atoms with Crippen molar-refractivity contribution in [3.05, 3.63) is 89.4 Å². The molecule has 2 fully saturated rings. The van der Waals surface area contributed by atoms with Gasteiger partial charge < -0.3 is 14.8 Å². The topological polar surface area (TPSA) is 70.2 Å². The number of benzene rings is 2. The molecule has 6 rings (SSSR count). The van der Waals surface area contributed by atoms with Gasteiger partial charge in [-0.25, -0.2) is 9.37 Å². The molecule has 4 heterocycles. The first-order valence-electron chi connectivity index (χ1n) is 15.0. The Bertz CT molecular complexity index is 1360. The smallest absolute Gasteiger partial charge is 0.242 e. The summed E-state index contributed by atoms with van der Waals surface area (Å²) in [6.07, 6.45) is 2.36. The number of rotatable bonds is 7. The van der Waals surface area contributed by atoms with E-state index in [4.69, 9.17) is 9.47 Å². The molecule has 0 saturated carbocycles. The predicted molar refractivity (Wildman–Crippen MR) is 160 cm³/mol. The van der Waals surface area contributed by atoms with Gasteiger partial charge in [-0.15, -0.1) is 0 Å². The molecule has 3 aliphatic rings. The van der Waals surface area contributed by atoms with Crippen molar-refractivity contribution in [1.29, 1.82) is 0 Å². The zero-order chi connectivity index (χ0) is 29.1. The lowest BCUT2D eigenvalue weighted by molar-refractivity contribution is -0.122. The normalized spacial score (nSPS) is 25.1. The minimum absolute atomic E-state index is 0.0308. The molecule has 42 heavy (non-hydrogen) atoms. The van der Waals surface area contributed by atoms with E-state index < -0.39 is 0 Å². The first-order chi connectivity index (χ1) is 20.4. The fourth-order valence-electron chi connectivity index (χ4n) is 6.29. The zero-order valence-corrected chi connectivity index (χ0v) is 24.4. The Hall–Kier alpha value is -3.37. The van der Waals surface area contributed by atoms with Crippen molar-refractivity contribution in [1.82, 2.24) is 20.1 Å². The van der Waals surface area contributed by atoms with Crippen molar-refractivity contribution < 1.29 is 18.7 Å². The number of amides is 1. The first kappa shape index (κ1) is 28.7. The molecule has 2 unspecified atom stereocenters. The summed E-state index contributed by atoms with van der Waals surface area (Å²) in [5, 5.41) is 3.63.